The summed E-state index contributed by atoms with van der Waals surface area (Å²) in [5.41, 5.74) is 0.904. The Morgan fingerprint density at radius 3 is 2.78 bits per heavy atom. The van der Waals surface area contributed by atoms with Crippen LogP contribution in [0.4, 0.5) is 10.5 Å². The van der Waals surface area contributed by atoms with Crippen LogP contribution in [-0.2, 0) is 4.74 Å². The lowest BCUT2D eigenvalue weighted by atomic mass is 10.2. The quantitative estimate of drug-likeness (QED) is 0.637. The van der Waals surface area contributed by atoms with Crippen LogP contribution in [-0.4, -0.2) is 38.2 Å². The van der Waals surface area contributed by atoms with Crippen molar-refractivity contribution in [2.75, 3.05) is 25.6 Å². The predicted molar refractivity (Wildman–Crippen MR) is 90.1 cm³/mol. The number of rotatable bonds is 8. The van der Waals surface area contributed by atoms with Crippen LogP contribution in [0.5, 0.6) is 0 Å². The molecule has 23 heavy (non-hydrogen) atoms. The zero-order valence-electron chi connectivity index (χ0n) is 13.2. The Morgan fingerprint density at radius 2 is 2.09 bits per heavy atom. The second-order valence-electron chi connectivity index (χ2n) is 5.52. The van der Waals surface area contributed by atoms with Gasteiger partial charge < -0.3 is 20.7 Å². The minimum Gasteiger partial charge on any atom is -0.385 e. The van der Waals surface area contributed by atoms with E-state index < -0.39 is 0 Å². The lowest BCUT2D eigenvalue weighted by Crippen LogP contribution is -2.30. The highest BCUT2D eigenvalue weighted by Crippen LogP contribution is 2.23. The fourth-order valence-electron chi connectivity index (χ4n) is 2.02. The first-order valence-electron chi connectivity index (χ1n) is 7.74. The van der Waals surface area contributed by atoms with Crippen molar-refractivity contribution in [1.82, 2.24) is 10.6 Å². The van der Waals surface area contributed by atoms with Crippen LogP contribution in [0.3, 0.4) is 0 Å². The van der Waals surface area contributed by atoms with E-state index in [-0.39, 0.29) is 18.0 Å². The van der Waals surface area contributed by atoms with Crippen molar-refractivity contribution in [2.24, 2.45) is 0 Å². The van der Waals surface area contributed by atoms with Gasteiger partial charge in [0.1, 0.15) is 0 Å². The lowest BCUT2D eigenvalue weighted by molar-refractivity contribution is 0.0951. The van der Waals surface area contributed by atoms with Crippen molar-refractivity contribution < 1.29 is 14.3 Å². The molecule has 0 radical (unpaired) electrons. The molecule has 0 atom stereocenters. The summed E-state index contributed by atoms with van der Waals surface area (Å²) < 4.78 is 4.94. The van der Waals surface area contributed by atoms with Gasteiger partial charge >= 0.3 is 6.03 Å². The van der Waals surface area contributed by atoms with E-state index >= 15 is 0 Å². The first-order chi connectivity index (χ1) is 11.1. The van der Waals surface area contributed by atoms with Crippen LogP contribution >= 0.6 is 11.6 Å². The Kier molecular flexibility index (Phi) is 6.67. The third-order valence-corrected chi connectivity index (χ3v) is 3.77. The van der Waals surface area contributed by atoms with Crippen LogP contribution in [0.1, 0.15) is 36.0 Å². The third-order valence-electron chi connectivity index (χ3n) is 3.44. The van der Waals surface area contributed by atoms with Gasteiger partial charge in [-0.2, -0.15) is 0 Å². The molecule has 2 rings (SSSR count). The number of unbranched alkanes of at least 4 members (excludes halogenated alkanes) is 1. The van der Waals surface area contributed by atoms with Crippen LogP contribution in [0.15, 0.2) is 18.2 Å². The topological polar surface area (TPSA) is 79.5 Å². The number of ether oxygens (including phenoxy) is 1. The summed E-state index contributed by atoms with van der Waals surface area (Å²) in [6, 6.07) is 4.81. The Balaban J connectivity index is 1.84. The molecule has 0 spiro atoms. The molecule has 1 aromatic rings. The molecular weight excluding hydrogens is 318 g/mol. The monoisotopic (exact) mass is 339 g/mol. The molecule has 0 saturated heterocycles. The summed E-state index contributed by atoms with van der Waals surface area (Å²) in [6.07, 6.45) is 3.75. The minimum atomic E-state index is -0.307. The fourth-order valence-corrected chi connectivity index (χ4v) is 2.22. The van der Waals surface area contributed by atoms with Crippen LogP contribution in [0, 0.1) is 0 Å². The van der Waals surface area contributed by atoms with E-state index in [1.807, 2.05) is 0 Å². The molecule has 3 amide bonds. The number of benzene rings is 1. The molecule has 0 aromatic heterocycles. The van der Waals surface area contributed by atoms with Gasteiger partial charge in [0, 0.05) is 32.0 Å². The lowest BCUT2D eigenvalue weighted by Gasteiger charge is -2.10. The number of urea groups is 1. The summed E-state index contributed by atoms with van der Waals surface area (Å²) in [5.74, 6) is -0.207. The maximum atomic E-state index is 12.1. The molecule has 1 saturated carbocycles. The first-order valence-corrected chi connectivity index (χ1v) is 8.12. The number of hydrogen-bond donors (Lipinski definition) is 3. The second kappa shape index (κ2) is 8.74. The number of carbonyl (C=O) groups is 2. The van der Waals surface area contributed by atoms with Gasteiger partial charge in [-0.3, -0.25) is 4.79 Å². The van der Waals surface area contributed by atoms with Crippen molar-refractivity contribution in [1.29, 1.82) is 0 Å². The molecule has 7 heteroatoms. The van der Waals surface area contributed by atoms with E-state index in [0.717, 1.165) is 25.7 Å². The van der Waals surface area contributed by atoms with Crippen LogP contribution in [0.2, 0.25) is 5.02 Å². The molecule has 1 aliphatic carbocycles. The molecule has 6 nitrogen and oxygen atoms in total. The highest BCUT2D eigenvalue weighted by atomic mass is 35.5. The van der Waals surface area contributed by atoms with E-state index in [2.05, 4.69) is 16.0 Å². The number of hydrogen-bond acceptors (Lipinski definition) is 3. The van der Waals surface area contributed by atoms with Gasteiger partial charge in [-0.05, 0) is 43.9 Å². The van der Waals surface area contributed by atoms with Gasteiger partial charge in [0.2, 0.25) is 0 Å². The molecule has 1 fully saturated rings. The molecule has 126 valence electrons. The van der Waals surface area contributed by atoms with Gasteiger partial charge in [0.05, 0.1) is 10.6 Å². The van der Waals surface area contributed by atoms with E-state index in [9.17, 15) is 9.59 Å². The zero-order chi connectivity index (χ0) is 16.7. The number of carbonyl (C=O) groups excluding carboxylic acids is 2. The molecular formula is C16H22ClN3O3. The largest absolute Gasteiger partial charge is 0.385 e. The smallest absolute Gasteiger partial charge is 0.319 e. The molecule has 0 unspecified atom stereocenters. The molecule has 1 aliphatic rings. The number of amides is 3. The Morgan fingerprint density at radius 1 is 1.30 bits per heavy atom. The molecule has 0 heterocycles. The van der Waals surface area contributed by atoms with Crippen molar-refractivity contribution in [3.8, 4) is 0 Å². The van der Waals surface area contributed by atoms with Crippen LogP contribution < -0.4 is 16.0 Å². The summed E-state index contributed by atoms with van der Waals surface area (Å²) in [5, 5.41) is 8.71. The standard InChI is InChI=1S/C16H22ClN3O3/c1-23-9-3-2-8-18-16(22)20-12-6-7-14(17)13(10-12)15(21)19-11-4-5-11/h6-7,10-11H,2-5,8-9H2,1H3,(H,19,21)(H2,18,20,22). The Bertz CT molecular complexity index is 562. The summed E-state index contributed by atoms with van der Waals surface area (Å²) in [6.45, 7) is 1.25. The highest BCUT2D eigenvalue weighted by Gasteiger charge is 2.24. The summed E-state index contributed by atoms with van der Waals surface area (Å²) >= 11 is 6.06. The minimum absolute atomic E-state index is 0.207. The molecule has 1 aromatic carbocycles. The molecule has 0 bridgehead atoms. The van der Waals surface area contributed by atoms with Crippen LogP contribution in [0.25, 0.3) is 0 Å². The van der Waals surface area contributed by atoms with Crippen molar-refractivity contribution in [3.05, 3.63) is 28.8 Å². The van der Waals surface area contributed by atoms with E-state index in [4.69, 9.17) is 16.3 Å². The number of methoxy groups -OCH3 is 1. The average Bonchev–Trinajstić information content (AvgIpc) is 3.33. The summed E-state index contributed by atoms with van der Waals surface area (Å²) in [4.78, 5) is 23.9. The SMILES string of the molecule is COCCCCNC(=O)Nc1ccc(Cl)c(C(=O)NC2CC2)c1. The van der Waals surface area contributed by atoms with Crippen molar-refractivity contribution >= 4 is 29.2 Å². The van der Waals surface area contributed by atoms with Crippen molar-refractivity contribution in [2.45, 2.75) is 31.7 Å². The fraction of sp³-hybridized carbons (Fsp3) is 0.500. The third kappa shape index (κ3) is 6.08. The highest BCUT2D eigenvalue weighted by molar-refractivity contribution is 6.34. The molecule has 3 N–H and O–H groups in total. The van der Waals surface area contributed by atoms with E-state index in [0.29, 0.717) is 29.4 Å². The Labute approximate surface area is 140 Å². The number of nitrogens with one attached hydrogen (secondary N) is 3. The average molecular weight is 340 g/mol. The normalized spacial score (nSPS) is 13.5. The van der Waals surface area contributed by atoms with E-state index in [1.54, 1.807) is 25.3 Å². The van der Waals surface area contributed by atoms with Gasteiger partial charge in [-0.15, -0.1) is 0 Å². The number of anilines is 1. The maximum Gasteiger partial charge on any atom is 0.319 e. The second-order valence-corrected chi connectivity index (χ2v) is 5.93. The van der Waals surface area contributed by atoms with Crippen molar-refractivity contribution in [3.63, 3.8) is 0 Å². The van der Waals surface area contributed by atoms with Gasteiger partial charge in [-0.1, -0.05) is 11.6 Å². The van der Waals surface area contributed by atoms with E-state index in [1.165, 1.54) is 0 Å². The van der Waals surface area contributed by atoms with Gasteiger partial charge in [0.25, 0.3) is 5.91 Å². The zero-order valence-corrected chi connectivity index (χ0v) is 13.9. The maximum absolute atomic E-state index is 12.1. The predicted octanol–water partition coefficient (Wildman–Crippen LogP) is 2.78. The summed E-state index contributed by atoms with van der Waals surface area (Å²) in [7, 11) is 1.65. The van der Waals surface area contributed by atoms with Gasteiger partial charge in [0.15, 0.2) is 0 Å². The first kappa shape index (κ1) is 17.6. The Hall–Kier alpha value is -1.79. The number of halogens is 1. The van der Waals surface area contributed by atoms with Gasteiger partial charge in [-0.25, -0.2) is 4.79 Å². The molecule has 0 aliphatic heterocycles.